The lowest BCUT2D eigenvalue weighted by Crippen LogP contribution is -2.57. The summed E-state index contributed by atoms with van der Waals surface area (Å²) >= 11 is 0. The van der Waals surface area contributed by atoms with Crippen molar-refractivity contribution in [2.45, 2.75) is 32.0 Å². The van der Waals surface area contributed by atoms with Crippen molar-refractivity contribution in [3.8, 4) is 0 Å². The third kappa shape index (κ3) is 1.47. The van der Waals surface area contributed by atoms with Crippen LogP contribution in [0.5, 0.6) is 0 Å². The number of carbonyl (C=O) groups excluding carboxylic acids is 1. The van der Waals surface area contributed by atoms with Gasteiger partial charge in [-0.05, 0) is 25.7 Å². The number of rotatable bonds is 3. The summed E-state index contributed by atoms with van der Waals surface area (Å²) < 4.78 is 11.8. The van der Waals surface area contributed by atoms with Crippen molar-refractivity contribution in [1.29, 1.82) is 0 Å². The maximum atomic E-state index is 11.7. The molecule has 0 radical (unpaired) electrons. The average Bonchev–Trinajstić information content (AvgIpc) is 2.81. The minimum absolute atomic E-state index is 0.0352. The molecular weight excluding hydrogens is 228 g/mol. The van der Waals surface area contributed by atoms with E-state index >= 15 is 0 Å². The first-order chi connectivity index (χ1) is 8.66. The smallest absolute Gasteiger partial charge is 0.176 e. The van der Waals surface area contributed by atoms with Gasteiger partial charge in [-0.1, -0.05) is 17.7 Å². The van der Waals surface area contributed by atoms with Gasteiger partial charge in [-0.25, -0.2) is 0 Å². The van der Waals surface area contributed by atoms with E-state index in [1.807, 2.05) is 6.08 Å². The fourth-order valence-electron chi connectivity index (χ4n) is 4.00. The van der Waals surface area contributed by atoms with E-state index in [0.717, 1.165) is 19.1 Å². The van der Waals surface area contributed by atoms with Crippen LogP contribution in [0.3, 0.4) is 0 Å². The first-order valence-corrected chi connectivity index (χ1v) is 6.69. The van der Waals surface area contributed by atoms with Crippen LogP contribution in [0.1, 0.15) is 26.2 Å². The molecular formula is C15H20O3. The Hall–Kier alpha value is -0.930. The van der Waals surface area contributed by atoms with Gasteiger partial charge in [0.2, 0.25) is 0 Å². The first-order valence-electron chi connectivity index (χ1n) is 6.69. The second-order valence-corrected chi connectivity index (χ2v) is 5.85. The van der Waals surface area contributed by atoms with E-state index in [1.165, 1.54) is 5.57 Å². The number of hydrogen-bond acceptors (Lipinski definition) is 3. The predicted octanol–water partition coefficient (Wildman–Crippen LogP) is 2.48. The Morgan fingerprint density at radius 3 is 2.72 bits per heavy atom. The number of hydrogen-bond donors (Lipinski definition) is 0. The Morgan fingerprint density at radius 2 is 2.17 bits per heavy atom. The summed E-state index contributed by atoms with van der Waals surface area (Å²) in [5.74, 6) is -0.113. The Morgan fingerprint density at radius 1 is 1.44 bits per heavy atom. The summed E-state index contributed by atoms with van der Waals surface area (Å²) in [7, 11) is 0. The van der Waals surface area contributed by atoms with Crippen LogP contribution in [0, 0.1) is 17.3 Å². The molecule has 1 spiro atoms. The molecule has 2 fully saturated rings. The zero-order chi connectivity index (χ0) is 12.8. The van der Waals surface area contributed by atoms with Crippen molar-refractivity contribution in [1.82, 2.24) is 0 Å². The molecule has 0 aromatic heterocycles. The zero-order valence-electron chi connectivity index (χ0n) is 10.9. The maximum absolute atomic E-state index is 11.7. The van der Waals surface area contributed by atoms with Crippen LogP contribution in [0.15, 0.2) is 24.3 Å². The van der Waals surface area contributed by atoms with Crippen LogP contribution in [-0.2, 0) is 14.3 Å². The van der Waals surface area contributed by atoms with Gasteiger partial charge in [0.05, 0.1) is 13.2 Å². The SMILES string of the molecule is C=CCC1(C=O)CC2CC3(OCCO3)C1C=C2C. The van der Waals surface area contributed by atoms with Crippen LogP contribution < -0.4 is 0 Å². The van der Waals surface area contributed by atoms with E-state index in [9.17, 15) is 4.79 Å². The second kappa shape index (κ2) is 4.04. The number of ether oxygens (including phenoxy) is 2. The lowest BCUT2D eigenvalue weighted by atomic mass is 9.54. The summed E-state index contributed by atoms with van der Waals surface area (Å²) in [5, 5.41) is 0. The third-order valence-electron chi connectivity index (χ3n) is 4.86. The molecule has 1 aliphatic heterocycles. The van der Waals surface area contributed by atoms with Gasteiger partial charge in [-0.15, -0.1) is 6.58 Å². The monoisotopic (exact) mass is 248 g/mol. The molecule has 3 heteroatoms. The molecule has 3 unspecified atom stereocenters. The van der Waals surface area contributed by atoms with Gasteiger partial charge in [0.1, 0.15) is 6.29 Å². The summed E-state index contributed by atoms with van der Waals surface area (Å²) in [6.07, 6.45) is 7.68. The molecule has 0 amide bonds. The van der Waals surface area contributed by atoms with Crippen molar-refractivity contribution >= 4 is 6.29 Å². The van der Waals surface area contributed by atoms with Gasteiger partial charge >= 0.3 is 0 Å². The van der Waals surface area contributed by atoms with Crippen molar-refractivity contribution in [3.05, 3.63) is 24.3 Å². The summed E-state index contributed by atoms with van der Waals surface area (Å²) in [6.45, 7) is 7.24. The normalized spacial score (nSPS) is 40.8. The molecule has 3 aliphatic carbocycles. The number of fused-ring (bicyclic) bond motifs is 1. The van der Waals surface area contributed by atoms with Crippen LogP contribution in [0.4, 0.5) is 0 Å². The van der Waals surface area contributed by atoms with Gasteiger partial charge in [0, 0.05) is 17.8 Å². The van der Waals surface area contributed by atoms with Crippen molar-refractivity contribution < 1.29 is 14.3 Å². The largest absolute Gasteiger partial charge is 0.347 e. The third-order valence-corrected chi connectivity index (χ3v) is 4.86. The zero-order valence-corrected chi connectivity index (χ0v) is 10.9. The van der Waals surface area contributed by atoms with Gasteiger partial charge in [-0.3, -0.25) is 0 Å². The number of aldehydes is 1. The van der Waals surface area contributed by atoms with Gasteiger partial charge < -0.3 is 14.3 Å². The molecule has 3 nitrogen and oxygen atoms in total. The second-order valence-electron chi connectivity index (χ2n) is 5.85. The van der Waals surface area contributed by atoms with Gasteiger partial charge in [-0.2, -0.15) is 0 Å². The first kappa shape index (κ1) is 12.1. The van der Waals surface area contributed by atoms with Gasteiger partial charge in [0.15, 0.2) is 5.79 Å². The van der Waals surface area contributed by atoms with Crippen molar-refractivity contribution in [2.75, 3.05) is 13.2 Å². The van der Waals surface area contributed by atoms with Crippen molar-refractivity contribution in [2.24, 2.45) is 17.3 Å². The van der Waals surface area contributed by atoms with Crippen LogP contribution in [0.2, 0.25) is 0 Å². The standard InChI is InChI=1S/C15H20O3/c1-3-4-14(10-16)8-12-9-15(17-5-6-18-15)13(14)7-11(12)2/h3,7,10,12-13H,1,4-6,8-9H2,2H3. The van der Waals surface area contributed by atoms with Gasteiger partial charge in [0.25, 0.3) is 0 Å². The molecule has 0 aromatic rings. The van der Waals surface area contributed by atoms with E-state index in [1.54, 1.807) is 0 Å². The molecule has 1 saturated heterocycles. The molecule has 4 rings (SSSR count). The lowest BCUT2D eigenvalue weighted by Gasteiger charge is -2.54. The summed E-state index contributed by atoms with van der Waals surface area (Å²) in [4.78, 5) is 11.7. The number of carbonyl (C=O) groups is 1. The molecule has 0 N–H and O–H groups in total. The molecule has 98 valence electrons. The molecule has 0 aromatic carbocycles. The molecule has 2 bridgehead atoms. The Balaban J connectivity index is 2.05. The molecule has 3 atom stereocenters. The predicted molar refractivity (Wildman–Crippen MR) is 67.9 cm³/mol. The quantitative estimate of drug-likeness (QED) is 0.568. The molecule has 1 heterocycles. The highest BCUT2D eigenvalue weighted by molar-refractivity contribution is 5.63. The highest BCUT2D eigenvalue weighted by atomic mass is 16.7. The van der Waals surface area contributed by atoms with E-state index in [4.69, 9.17) is 9.47 Å². The minimum atomic E-state index is -0.549. The molecule has 4 aliphatic rings. The lowest BCUT2D eigenvalue weighted by molar-refractivity contribution is -0.240. The average molecular weight is 248 g/mol. The summed E-state index contributed by atoms with van der Waals surface area (Å²) in [6, 6.07) is 0. The maximum Gasteiger partial charge on any atom is 0.176 e. The Labute approximate surface area is 108 Å². The number of allylic oxidation sites excluding steroid dienone is 2. The summed E-state index contributed by atoms with van der Waals surface area (Å²) in [5.41, 5.74) is 1.00. The molecule has 1 saturated carbocycles. The van der Waals surface area contributed by atoms with E-state index in [2.05, 4.69) is 19.6 Å². The minimum Gasteiger partial charge on any atom is -0.347 e. The van der Waals surface area contributed by atoms with E-state index in [-0.39, 0.29) is 11.3 Å². The van der Waals surface area contributed by atoms with E-state index in [0.29, 0.717) is 25.6 Å². The topological polar surface area (TPSA) is 35.5 Å². The fraction of sp³-hybridized carbons (Fsp3) is 0.667. The Bertz CT molecular complexity index is 406. The van der Waals surface area contributed by atoms with Crippen LogP contribution >= 0.6 is 0 Å². The highest BCUT2D eigenvalue weighted by Crippen LogP contribution is 2.59. The van der Waals surface area contributed by atoms with Crippen molar-refractivity contribution in [3.63, 3.8) is 0 Å². The van der Waals surface area contributed by atoms with Crippen LogP contribution in [0.25, 0.3) is 0 Å². The van der Waals surface area contributed by atoms with Crippen LogP contribution in [-0.4, -0.2) is 25.3 Å². The fourth-order valence-corrected chi connectivity index (χ4v) is 4.00. The highest BCUT2D eigenvalue weighted by Gasteiger charge is 2.61. The Kier molecular flexibility index (Phi) is 2.72. The van der Waals surface area contributed by atoms with E-state index < -0.39 is 5.79 Å². The molecule has 18 heavy (non-hydrogen) atoms.